The van der Waals surface area contributed by atoms with E-state index in [0.717, 1.165) is 18.2 Å². The van der Waals surface area contributed by atoms with Crippen molar-refractivity contribution in [3.05, 3.63) is 65.2 Å². The third-order valence-electron chi connectivity index (χ3n) is 3.86. The molecule has 0 aliphatic carbocycles. The Morgan fingerprint density at radius 1 is 1.00 bits per heavy atom. The van der Waals surface area contributed by atoms with Crippen molar-refractivity contribution in [2.75, 3.05) is 19.8 Å². The number of fused-ring (bicyclic) bond motifs is 1. The lowest BCUT2D eigenvalue weighted by molar-refractivity contribution is -0.138. The second-order valence-corrected chi connectivity index (χ2v) is 5.84. The third-order valence-corrected chi connectivity index (χ3v) is 3.86. The lowest BCUT2D eigenvalue weighted by atomic mass is 10.1. The summed E-state index contributed by atoms with van der Waals surface area (Å²) in [6, 6.07) is 8.95. The molecule has 1 aliphatic rings. The summed E-state index contributed by atoms with van der Waals surface area (Å²) >= 11 is 0. The van der Waals surface area contributed by atoms with E-state index in [1.54, 1.807) is 12.1 Å². The van der Waals surface area contributed by atoms with Crippen LogP contribution in [-0.2, 0) is 15.7 Å². The normalized spacial score (nSPS) is 13.4. The van der Waals surface area contributed by atoms with Crippen LogP contribution in [0.15, 0.2) is 48.5 Å². The smallest absolute Gasteiger partial charge is 0.416 e. The fourth-order valence-electron chi connectivity index (χ4n) is 2.43. The number of hydrogen-bond donors (Lipinski definition) is 0. The Labute approximate surface area is 158 Å². The topological polar surface area (TPSA) is 61.8 Å². The highest BCUT2D eigenvalue weighted by Gasteiger charge is 2.29. The number of ether oxygens (including phenoxy) is 3. The number of esters is 1. The van der Waals surface area contributed by atoms with E-state index in [-0.39, 0.29) is 0 Å². The van der Waals surface area contributed by atoms with Crippen LogP contribution >= 0.6 is 0 Å². The predicted octanol–water partition coefficient (Wildman–Crippen LogP) is 3.92. The fourth-order valence-corrected chi connectivity index (χ4v) is 2.43. The van der Waals surface area contributed by atoms with Gasteiger partial charge in [0.15, 0.2) is 23.9 Å². The molecule has 1 heterocycles. The number of rotatable bonds is 5. The maximum atomic E-state index is 12.5. The molecule has 0 atom stereocenters. The molecule has 0 saturated carbocycles. The Hall–Kier alpha value is -3.29. The first-order valence-electron chi connectivity index (χ1n) is 8.28. The Balaban J connectivity index is 1.53. The van der Waals surface area contributed by atoms with Gasteiger partial charge in [-0.2, -0.15) is 13.2 Å². The standard InChI is InChI=1S/C20H15F3O5/c21-20(22,23)15-5-1-13(2-6-15)3-8-19(25)28-12-16(24)14-4-7-17-18(11-14)27-10-9-26-17/h1-8,11H,9-10,12H2/b8-3+. The van der Waals surface area contributed by atoms with Gasteiger partial charge in [-0.25, -0.2) is 4.79 Å². The lowest BCUT2D eigenvalue weighted by Gasteiger charge is -2.18. The molecule has 3 rings (SSSR count). The summed E-state index contributed by atoms with van der Waals surface area (Å²) in [5.74, 6) is -0.219. The molecule has 0 fully saturated rings. The number of carbonyl (C=O) groups excluding carboxylic acids is 2. The Morgan fingerprint density at radius 2 is 1.68 bits per heavy atom. The first-order valence-corrected chi connectivity index (χ1v) is 8.28. The molecule has 0 unspecified atom stereocenters. The van der Waals surface area contributed by atoms with E-state index < -0.39 is 30.1 Å². The van der Waals surface area contributed by atoms with Gasteiger partial charge in [-0.15, -0.1) is 0 Å². The SMILES string of the molecule is O=C(/C=C/c1ccc(C(F)(F)F)cc1)OCC(=O)c1ccc2c(c1)OCCO2. The maximum absolute atomic E-state index is 12.5. The van der Waals surface area contributed by atoms with Gasteiger partial charge in [0.05, 0.1) is 5.56 Å². The minimum absolute atomic E-state index is 0.309. The molecule has 146 valence electrons. The molecule has 0 bridgehead atoms. The van der Waals surface area contributed by atoms with Gasteiger partial charge in [-0.1, -0.05) is 12.1 Å². The van der Waals surface area contributed by atoms with Crippen molar-refractivity contribution in [1.82, 2.24) is 0 Å². The highest BCUT2D eigenvalue weighted by atomic mass is 19.4. The number of Topliss-reactive ketones (excluding diaryl/α,β-unsaturated/α-hetero) is 1. The highest BCUT2D eigenvalue weighted by molar-refractivity contribution is 5.99. The van der Waals surface area contributed by atoms with Crippen LogP contribution in [0.4, 0.5) is 13.2 Å². The predicted molar refractivity (Wildman–Crippen MR) is 93.2 cm³/mol. The van der Waals surface area contributed by atoms with Gasteiger partial charge in [0.25, 0.3) is 0 Å². The summed E-state index contributed by atoms with van der Waals surface area (Å²) in [7, 11) is 0. The minimum Gasteiger partial charge on any atom is -0.486 e. The third kappa shape index (κ3) is 4.91. The van der Waals surface area contributed by atoms with Crippen molar-refractivity contribution in [3.8, 4) is 11.5 Å². The van der Waals surface area contributed by atoms with E-state index in [2.05, 4.69) is 0 Å². The van der Waals surface area contributed by atoms with Crippen LogP contribution in [0.2, 0.25) is 0 Å². The number of hydrogen-bond acceptors (Lipinski definition) is 5. The van der Waals surface area contributed by atoms with E-state index in [9.17, 15) is 22.8 Å². The largest absolute Gasteiger partial charge is 0.486 e. The molecule has 1 aliphatic heterocycles. The van der Waals surface area contributed by atoms with E-state index >= 15 is 0 Å². The van der Waals surface area contributed by atoms with Crippen molar-refractivity contribution >= 4 is 17.8 Å². The number of carbonyl (C=O) groups is 2. The molecular weight excluding hydrogens is 377 g/mol. The fraction of sp³-hybridized carbons (Fsp3) is 0.200. The van der Waals surface area contributed by atoms with Gasteiger partial charge < -0.3 is 14.2 Å². The van der Waals surface area contributed by atoms with Crippen molar-refractivity contribution in [2.24, 2.45) is 0 Å². The van der Waals surface area contributed by atoms with Crippen LogP contribution in [0, 0.1) is 0 Å². The Morgan fingerprint density at radius 3 is 2.36 bits per heavy atom. The number of halogens is 3. The second kappa shape index (κ2) is 8.16. The molecular formula is C20H15F3O5. The number of ketones is 1. The van der Waals surface area contributed by atoms with E-state index in [4.69, 9.17) is 14.2 Å². The van der Waals surface area contributed by atoms with Gasteiger partial charge in [-0.3, -0.25) is 4.79 Å². The van der Waals surface area contributed by atoms with Crippen molar-refractivity contribution in [2.45, 2.75) is 6.18 Å². The van der Waals surface area contributed by atoms with Crippen LogP contribution in [-0.4, -0.2) is 31.6 Å². The molecule has 0 N–H and O–H groups in total. The van der Waals surface area contributed by atoms with Gasteiger partial charge in [0.2, 0.25) is 0 Å². The monoisotopic (exact) mass is 392 g/mol. The Bertz CT molecular complexity index is 901. The summed E-state index contributed by atoms with van der Waals surface area (Å²) in [6.45, 7) is 0.341. The van der Waals surface area contributed by atoms with E-state index in [1.165, 1.54) is 24.3 Å². The maximum Gasteiger partial charge on any atom is 0.416 e. The second-order valence-electron chi connectivity index (χ2n) is 5.84. The zero-order valence-corrected chi connectivity index (χ0v) is 14.5. The van der Waals surface area contributed by atoms with Crippen molar-refractivity contribution in [1.29, 1.82) is 0 Å². The van der Waals surface area contributed by atoms with Gasteiger partial charge >= 0.3 is 12.1 Å². The van der Waals surface area contributed by atoms with Crippen molar-refractivity contribution < 1.29 is 37.0 Å². The summed E-state index contributed by atoms with van der Waals surface area (Å²) in [6.07, 6.45) is -2.08. The zero-order chi connectivity index (χ0) is 20.1. The molecule has 8 heteroatoms. The molecule has 2 aromatic carbocycles. The molecule has 0 aromatic heterocycles. The highest BCUT2D eigenvalue weighted by Crippen LogP contribution is 2.31. The average molecular weight is 392 g/mol. The van der Waals surface area contributed by atoms with Gasteiger partial charge in [0, 0.05) is 11.6 Å². The van der Waals surface area contributed by atoms with Gasteiger partial charge in [0.1, 0.15) is 13.2 Å². The molecule has 0 amide bonds. The summed E-state index contributed by atoms with van der Waals surface area (Å²) in [4.78, 5) is 23.9. The quantitative estimate of drug-likeness (QED) is 0.439. The summed E-state index contributed by atoms with van der Waals surface area (Å²) in [5.41, 5.74) is -0.0795. The van der Waals surface area contributed by atoms with Crippen LogP contribution in [0.25, 0.3) is 6.08 Å². The first kappa shape index (κ1) is 19.5. The Kier molecular flexibility index (Phi) is 5.67. The molecule has 0 saturated heterocycles. The molecule has 0 spiro atoms. The van der Waals surface area contributed by atoms with Crippen LogP contribution in [0.3, 0.4) is 0 Å². The molecule has 2 aromatic rings. The van der Waals surface area contributed by atoms with E-state index in [1.807, 2.05) is 0 Å². The molecule has 5 nitrogen and oxygen atoms in total. The van der Waals surface area contributed by atoms with Crippen LogP contribution < -0.4 is 9.47 Å². The summed E-state index contributed by atoms with van der Waals surface area (Å²) in [5, 5.41) is 0. The van der Waals surface area contributed by atoms with Crippen LogP contribution in [0.1, 0.15) is 21.5 Å². The zero-order valence-electron chi connectivity index (χ0n) is 14.5. The minimum atomic E-state index is -4.42. The lowest BCUT2D eigenvalue weighted by Crippen LogP contribution is -2.17. The average Bonchev–Trinajstić information content (AvgIpc) is 2.69. The number of alkyl halides is 3. The molecule has 28 heavy (non-hydrogen) atoms. The van der Waals surface area contributed by atoms with Crippen LogP contribution in [0.5, 0.6) is 11.5 Å². The van der Waals surface area contributed by atoms with Crippen molar-refractivity contribution in [3.63, 3.8) is 0 Å². The molecule has 0 radical (unpaired) electrons. The number of benzene rings is 2. The summed E-state index contributed by atoms with van der Waals surface area (Å²) < 4.78 is 53.1. The van der Waals surface area contributed by atoms with Gasteiger partial charge in [-0.05, 0) is 42.0 Å². The van der Waals surface area contributed by atoms with E-state index in [0.29, 0.717) is 35.8 Å². The first-order chi connectivity index (χ1) is 13.3.